The Morgan fingerprint density at radius 1 is 0.889 bits per heavy atom. The summed E-state index contributed by atoms with van der Waals surface area (Å²) in [6, 6.07) is 16.6. The Balaban J connectivity index is 0.000001000. The summed E-state index contributed by atoms with van der Waals surface area (Å²) in [5.41, 5.74) is 3.29. The molecule has 18 heavy (non-hydrogen) atoms. The summed E-state index contributed by atoms with van der Waals surface area (Å²) < 4.78 is 2.12. The van der Waals surface area contributed by atoms with E-state index in [1.165, 1.54) is 10.8 Å². The summed E-state index contributed by atoms with van der Waals surface area (Å²) in [6.07, 6.45) is 4.19. The molecule has 0 aliphatic heterocycles. The summed E-state index contributed by atoms with van der Waals surface area (Å²) in [5.74, 6) is 0. The molecule has 2 nitrogen and oxygen atoms in total. The molecule has 4 aromatic rings. The highest BCUT2D eigenvalue weighted by molar-refractivity contribution is 6.00. The molecule has 4 rings (SSSR count). The molecule has 0 spiro atoms. The summed E-state index contributed by atoms with van der Waals surface area (Å²) in [5, 5.41) is 2.38. The van der Waals surface area contributed by atoms with E-state index in [0.717, 1.165) is 16.6 Å². The van der Waals surface area contributed by atoms with Crippen molar-refractivity contribution in [1.29, 1.82) is 0 Å². The van der Waals surface area contributed by atoms with Gasteiger partial charge >= 0.3 is 0 Å². The Morgan fingerprint density at radius 3 is 2.67 bits per heavy atom. The molecule has 3 heteroatoms. The van der Waals surface area contributed by atoms with Gasteiger partial charge in [-0.2, -0.15) is 0 Å². The maximum atomic E-state index is 4.74. The number of hydrogen-bond donors (Lipinski definition) is 0. The Labute approximate surface area is 110 Å². The molecule has 0 bridgehead atoms. The van der Waals surface area contributed by atoms with Gasteiger partial charge < -0.3 is 4.40 Å². The molecule has 0 aliphatic rings. The maximum absolute atomic E-state index is 4.74. The van der Waals surface area contributed by atoms with Crippen molar-refractivity contribution in [2.24, 2.45) is 0 Å². The van der Waals surface area contributed by atoms with E-state index >= 15 is 0 Å². The van der Waals surface area contributed by atoms with Gasteiger partial charge in [0.25, 0.3) is 0 Å². The van der Waals surface area contributed by atoms with E-state index in [-0.39, 0.29) is 12.4 Å². The van der Waals surface area contributed by atoms with Gasteiger partial charge in [0.05, 0.1) is 16.6 Å². The van der Waals surface area contributed by atoms with E-state index in [2.05, 4.69) is 41.1 Å². The molecule has 0 saturated carbocycles. The van der Waals surface area contributed by atoms with Gasteiger partial charge in [0.15, 0.2) is 0 Å². The first kappa shape index (κ1) is 11.1. The summed E-state index contributed by atoms with van der Waals surface area (Å²) >= 11 is 0. The molecule has 0 N–H and O–H groups in total. The Bertz CT molecular complexity index is 843. The third-order valence-electron chi connectivity index (χ3n) is 3.16. The highest BCUT2D eigenvalue weighted by atomic mass is 35.5. The van der Waals surface area contributed by atoms with Crippen molar-refractivity contribution in [3.8, 4) is 0 Å². The van der Waals surface area contributed by atoms with Crippen molar-refractivity contribution in [1.82, 2.24) is 9.38 Å². The fourth-order valence-corrected chi connectivity index (χ4v) is 2.35. The topological polar surface area (TPSA) is 17.3 Å². The van der Waals surface area contributed by atoms with Crippen LogP contribution in [0, 0.1) is 0 Å². The number of hydrogen-bond acceptors (Lipinski definition) is 1. The number of halogens is 1. The molecule has 0 unspecified atom stereocenters. The number of nitrogens with zero attached hydrogens (tertiary/aromatic N) is 2. The minimum Gasteiger partial charge on any atom is -0.321 e. The fourth-order valence-electron chi connectivity index (χ4n) is 2.35. The van der Waals surface area contributed by atoms with Crippen LogP contribution < -0.4 is 0 Å². The van der Waals surface area contributed by atoms with Crippen molar-refractivity contribution in [2.45, 2.75) is 0 Å². The highest BCUT2D eigenvalue weighted by Crippen LogP contribution is 2.24. The van der Waals surface area contributed by atoms with Crippen molar-refractivity contribution in [2.75, 3.05) is 0 Å². The van der Waals surface area contributed by atoms with Gasteiger partial charge in [-0.15, -0.1) is 12.4 Å². The molecule has 0 amide bonds. The van der Waals surface area contributed by atoms with Crippen molar-refractivity contribution < 1.29 is 0 Å². The lowest BCUT2D eigenvalue weighted by molar-refractivity contribution is 1.21. The average molecular weight is 255 g/mol. The molecule has 0 fully saturated rings. The van der Waals surface area contributed by atoms with Crippen LogP contribution in [0.25, 0.3) is 27.3 Å². The SMILES string of the molecule is Cl.c1ccc2nc3c(cc2c1)cn1ccccc31. The van der Waals surface area contributed by atoms with Crippen molar-refractivity contribution in [3.63, 3.8) is 0 Å². The second-order valence-electron chi connectivity index (χ2n) is 4.24. The summed E-state index contributed by atoms with van der Waals surface area (Å²) in [7, 11) is 0. The molecule has 88 valence electrons. The van der Waals surface area contributed by atoms with Crippen molar-refractivity contribution >= 4 is 39.7 Å². The first-order valence-electron chi connectivity index (χ1n) is 5.67. The lowest BCUT2D eigenvalue weighted by Gasteiger charge is -1.97. The number of fused-ring (bicyclic) bond motifs is 4. The first-order chi connectivity index (χ1) is 8.42. The second kappa shape index (κ2) is 4.00. The fraction of sp³-hybridized carbons (Fsp3) is 0. The zero-order chi connectivity index (χ0) is 11.2. The normalized spacial score (nSPS) is 10.9. The largest absolute Gasteiger partial charge is 0.321 e. The van der Waals surface area contributed by atoms with Crippen LogP contribution in [0.15, 0.2) is 60.9 Å². The molecular formula is C15H11ClN2. The van der Waals surface area contributed by atoms with Gasteiger partial charge in [0, 0.05) is 23.2 Å². The molecule has 3 aromatic heterocycles. The number of pyridine rings is 2. The predicted molar refractivity (Wildman–Crippen MR) is 77.5 cm³/mol. The smallest absolute Gasteiger partial charge is 0.0964 e. The maximum Gasteiger partial charge on any atom is 0.0964 e. The lowest BCUT2D eigenvalue weighted by atomic mass is 10.2. The Hall–Kier alpha value is -2.06. The van der Waals surface area contributed by atoms with Crippen LogP contribution in [0.2, 0.25) is 0 Å². The molecule has 0 atom stereocenters. The standard InChI is InChI=1S/C15H10N2.ClH/c1-2-6-13-11(5-1)9-12-10-17-8-4-3-7-14(17)15(12)16-13;/h1-10H;1H. The Kier molecular flexibility index (Phi) is 2.46. The van der Waals surface area contributed by atoms with E-state index in [1.54, 1.807) is 0 Å². The number of para-hydroxylation sites is 1. The molecular weight excluding hydrogens is 244 g/mol. The predicted octanol–water partition coefficient (Wildman–Crippen LogP) is 4.06. The lowest BCUT2D eigenvalue weighted by Crippen LogP contribution is -1.80. The summed E-state index contributed by atoms with van der Waals surface area (Å²) in [6.45, 7) is 0. The molecule has 0 saturated heterocycles. The van der Waals surface area contributed by atoms with Crippen LogP contribution >= 0.6 is 12.4 Å². The molecule has 0 aliphatic carbocycles. The van der Waals surface area contributed by atoms with Gasteiger partial charge in [-0.1, -0.05) is 24.3 Å². The van der Waals surface area contributed by atoms with Gasteiger partial charge in [-0.3, -0.25) is 0 Å². The van der Waals surface area contributed by atoms with Crippen LogP contribution in [0.4, 0.5) is 0 Å². The van der Waals surface area contributed by atoms with E-state index in [0.29, 0.717) is 0 Å². The Morgan fingerprint density at radius 2 is 1.72 bits per heavy atom. The molecule has 0 radical (unpaired) electrons. The molecule has 1 aromatic carbocycles. The van der Waals surface area contributed by atoms with Gasteiger partial charge in [0.2, 0.25) is 0 Å². The van der Waals surface area contributed by atoms with Gasteiger partial charge in [0.1, 0.15) is 0 Å². The van der Waals surface area contributed by atoms with Crippen LogP contribution in [0.1, 0.15) is 0 Å². The summed E-state index contributed by atoms with van der Waals surface area (Å²) in [4.78, 5) is 4.74. The van der Waals surface area contributed by atoms with Crippen molar-refractivity contribution in [3.05, 3.63) is 60.9 Å². The van der Waals surface area contributed by atoms with E-state index < -0.39 is 0 Å². The zero-order valence-electron chi connectivity index (χ0n) is 9.58. The van der Waals surface area contributed by atoms with Gasteiger partial charge in [-0.25, -0.2) is 4.98 Å². The minimum atomic E-state index is 0. The molecule has 3 heterocycles. The van der Waals surface area contributed by atoms with E-state index in [9.17, 15) is 0 Å². The van der Waals surface area contributed by atoms with Crippen LogP contribution in [-0.2, 0) is 0 Å². The minimum absolute atomic E-state index is 0. The van der Waals surface area contributed by atoms with Crippen LogP contribution in [-0.4, -0.2) is 9.38 Å². The van der Waals surface area contributed by atoms with Crippen LogP contribution in [0.3, 0.4) is 0 Å². The average Bonchev–Trinajstić information content (AvgIpc) is 2.73. The first-order valence-corrected chi connectivity index (χ1v) is 5.67. The highest BCUT2D eigenvalue weighted by Gasteiger charge is 2.05. The monoisotopic (exact) mass is 254 g/mol. The van der Waals surface area contributed by atoms with Crippen LogP contribution in [0.5, 0.6) is 0 Å². The van der Waals surface area contributed by atoms with Gasteiger partial charge in [-0.05, 0) is 24.3 Å². The third-order valence-corrected chi connectivity index (χ3v) is 3.16. The quantitative estimate of drug-likeness (QED) is 0.463. The zero-order valence-corrected chi connectivity index (χ0v) is 10.4. The number of rotatable bonds is 0. The number of benzene rings is 1. The van der Waals surface area contributed by atoms with E-state index in [1.807, 2.05) is 24.3 Å². The van der Waals surface area contributed by atoms with E-state index in [4.69, 9.17) is 4.98 Å². The number of aromatic nitrogens is 2. The third kappa shape index (κ3) is 1.46. The second-order valence-corrected chi connectivity index (χ2v) is 4.24.